The molecule has 0 aromatic heterocycles. The number of hydrogen-bond donors (Lipinski definition) is 0. The molecule has 0 bridgehead atoms. The molecular formula is C12H15F3. The molecule has 0 aliphatic heterocycles. The van der Waals surface area contributed by atoms with Crippen LogP contribution in [0.15, 0.2) is 30.3 Å². The van der Waals surface area contributed by atoms with Crippen LogP contribution in [0.25, 0.3) is 0 Å². The first-order valence-electron chi connectivity index (χ1n) is 4.84. The summed E-state index contributed by atoms with van der Waals surface area (Å²) in [5.74, 6) is -1.41. The van der Waals surface area contributed by atoms with E-state index in [1.165, 1.54) is 12.1 Å². The van der Waals surface area contributed by atoms with Gasteiger partial charge in [0.05, 0.1) is 5.92 Å². The summed E-state index contributed by atoms with van der Waals surface area (Å²) in [5.41, 5.74) is -0.489. The molecule has 0 N–H and O–H groups in total. The molecule has 0 aliphatic carbocycles. The molecule has 0 aliphatic rings. The standard InChI is InChI=1S/C12H15F3/c1-11(2,3)10(12(13,14)15)9-7-5-4-6-8-9/h4-8,10H,1-3H3. The molecular weight excluding hydrogens is 201 g/mol. The minimum Gasteiger partial charge on any atom is -0.170 e. The fourth-order valence-corrected chi connectivity index (χ4v) is 1.83. The minimum atomic E-state index is -4.19. The lowest BCUT2D eigenvalue weighted by Gasteiger charge is -2.32. The van der Waals surface area contributed by atoms with Gasteiger partial charge in [-0.15, -0.1) is 0 Å². The van der Waals surface area contributed by atoms with Crippen LogP contribution in [0.2, 0.25) is 0 Å². The topological polar surface area (TPSA) is 0 Å². The predicted molar refractivity (Wildman–Crippen MR) is 54.7 cm³/mol. The second-order valence-electron chi connectivity index (χ2n) is 4.75. The van der Waals surface area contributed by atoms with Crippen LogP contribution in [-0.2, 0) is 0 Å². The molecule has 0 spiro atoms. The van der Waals surface area contributed by atoms with Crippen LogP contribution >= 0.6 is 0 Å². The van der Waals surface area contributed by atoms with Crippen molar-refractivity contribution in [3.63, 3.8) is 0 Å². The molecule has 15 heavy (non-hydrogen) atoms. The molecule has 0 nitrogen and oxygen atoms in total. The van der Waals surface area contributed by atoms with Crippen molar-refractivity contribution in [3.05, 3.63) is 35.9 Å². The first kappa shape index (κ1) is 12.1. The van der Waals surface area contributed by atoms with Crippen LogP contribution in [0.5, 0.6) is 0 Å². The Labute approximate surface area is 88.1 Å². The fourth-order valence-electron chi connectivity index (χ4n) is 1.83. The van der Waals surface area contributed by atoms with E-state index in [0.29, 0.717) is 5.56 Å². The van der Waals surface area contributed by atoms with E-state index in [9.17, 15) is 13.2 Å². The summed E-state index contributed by atoms with van der Waals surface area (Å²) in [4.78, 5) is 0. The van der Waals surface area contributed by atoms with E-state index in [2.05, 4.69) is 0 Å². The zero-order chi connectivity index (χ0) is 11.7. The maximum absolute atomic E-state index is 12.9. The van der Waals surface area contributed by atoms with Crippen molar-refractivity contribution in [2.45, 2.75) is 32.9 Å². The highest BCUT2D eigenvalue weighted by Gasteiger charge is 2.47. The Bertz CT molecular complexity index is 292. The number of halogens is 3. The van der Waals surface area contributed by atoms with Crippen molar-refractivity contribution < 1.29 is 13.2 Å². The fraction of sp³-hybridized carbons (Fsp3) is 0.500. The number of rotatable bonds is 1. The van der Waals surface area contributed by atoms with Crippen molar-refractivity contribution in [1.29, 1.82) is 0 Å². The molecule has 0 heterocycles. The second-order valence-corrected chi connectivity index (χ2v) is 4.75. The molecule has 3 heteroatoms. The van der Waals surface area contributed by atoms with E-state index in [0.717, 1.165) is 0 Å². The molecule has 0 saturated heterocycles. The van der Waals surface area contributed by atoms with Gasteiger partial charge < -0.3 is 0 Å². The highest BCUT2D eigenvalue weighted by molar-refractivity contribution is 5.23. The third kappa shape index (κ3) is 2.98. The zero-order valence-corrected chi connectivity index (χ0v) is 9.10. The van der Waals surface area contributed by atoms with E-state index in [1.54, 1.807) is 39.0 Å². The lowest BCUT2D eigenvalue weighted by molar-refractivity contribution is -0.171. The lowest BCUT2D eigenvalue weighted by Crippen LogP contribution is -2.32. The van der Waals surface area contributed by atoms with Gasteiger partial charge in [0, 0.05) is 0 Å². The molecule has 0 fully saturated rings. The van der Waals surface area contributed by atoms with Crippen LogP contribution in [0.1, 0.15) is 32.3 Å². The summed E-state index contributed by atoms with van der Waals surface area (Å²) in [5, 5.41) is 0. The van der Waals surface area contributed by atoms with E-state index < -0.39 is 17.5 Å². The summed E-state index contributed by atoms with van der Waals surface area (Å²) in [6, 6.07) is 8.06. The van der Waals surface area contributed by atoms with Crippen LogP contribution in [-0.4, -0.2) is 6.18 Å². The molecule has 1 aromatic rings. The average molecular weight is 216 g/mol. The number of hydrogen-bond acceptors (Lipinski definition) is 0. The molecule has 1 unspecified atom stereocenters. The Morgan fingerprint density at radius 1 is 0.933 bits per heavy atom. The first-order chi connectivity index (χ1) is 6.73. The Balaban J connectivity index is 3.15. The zero-order valence-electron chi connectivity index (χ0n) is 9.10. The van der Waals surface area contributed by atoms with Crippen LogP contribution in [0.3, 0.4) is 0 Å². The van der Waals surface area contributed by atoms with Crippen LogP contribution in [0, 0.1) is 5.41 Å². The summed E-state index contributed by atoms with van der Waals surface area (Å²) < 4.78 is 38.7. The second kappa shape index (κ2) is 3.87. The maximum atomic E-state index is 12.9. The van der Waals surface area contributed by atoms with Crippen molar-refractivity contribution in [3.8, 4) is 0 Å². The van der Waals surface area contributed by atoms with E-state index >= 15 is 0 Å². The maximum Gasteiger partial charge on any atom is 0.396 e. The van der Waals surface area contributed by atoms with Gasteiger partial charge in [-0.3, -0.25) is 0 Å². The van der Waals surface area contributed by atoms with Crippen LogP contribution in [0.4, 0.5) is 13.2 Å². The number of alkyl halides is 3. The third-order valence-electron chi connectivity index (χ3n) is 2.33. The van der Waals surface area contributed by atoms with Gasteiger partial charge in [-0.05, 0) is 11.0 Å². The van der Waals surface area contributed by atoms with Gasteiger partial charge in [0.25, 0.3) is 0 Å². The minimum absolute atomic E-state index is 0.331. The normalized spacial score (nSPS) is 15.1. The molecule has 0 saturated carbocycles. The van der Waals surface area contributed by atoms with E-state index in [-0.39, 0.29) is 0 Å². The molecule has 0 amide bonds. The van der Waals surface area contributed by atoms with Gasteiger partial charge in [0.2, 0.25) is 0 Å². The molecule has 1 aromatic carbocycles. The van der Waals surface area contributed by atoms with E-state index in [4.69, 9.17) is 0 Å². The average Bonchev–Trinajstić information content (AvgIpc) is 2.00. The molecule has 1 rings (SSSR count). The van der Waals surface area contributed by atoms with Gasteiger partial charge >= 0.3 is 6.18 Å². The SMILES string of the molecule is CC(C)(C)C(c1ccccc1)C(F)(F)F. The summed E-state index contributed by atoms with van der Waals surface area (Å²) in [7, 11) is 0. The third-order valence-corrected chi connectivity index (χ3v) is 2.33. The molecule has 1 atom stereocenters. The van der Waals surface area contributed by atoms with Gasteiger partial charge in [-0.25, -0.2) is 0 Å². The van der Waals surface area contributed by atoms with Crippen molar-refractivity contribution >= 4 is 0 Å². The largest absolute Gasteiger partial charge is 0.396 e. The molecule has 0 radical (unpaired) electrons. The summed E-state index contributed by atoms with van der Waals surface area (Å²) in [6.45, 7) is 4.83. The smallest absolute Gasteiger partial charge is 0.170 e. The lowest BCUT2D eigenvalue weighted by atomic mass is 9.76. The summed E-state index contributed by atoms with van der Waals surface area (Å²) in [6.07, 6.45) is -4.19. The van der Waals surface area contributed by atoms with E-state index in [1.807, 2.05) is 0 Å². The van der Waals surface area contributed by atoms with Crippen molar-refractivity contribution in [2.75, 3.05) is 0 Å². The molecule has 84 valence electrons. The van der Waals surface area contributed by atoms with Gasteiger partial charge in [0.15, 0.2) is 0 Å². The Morgan fingerprint density at radius 2 is 1.40 bits per heavy atom. The van der Waals surface area contributed by atoms with Crippen molar-refractivity contribution in [2.24, 2.45) is 5.41 Å². The monoisotopic (exact) mass is 216 g/mol. The Kier molecular flexibility index (Phi) is 3.12. The highest BCUT2D eigenvalue weighted by Crippen LogP contribution is 2.46. The Morgan fingerprint density at radius 3 is 1.73 bits per heavy atom. The van der Waals surface area contributed by atoms with Gasteiger partial charge in [-0.1, -0.05) is 51.1 Å². The first-order valence-corrected chi connectivity index (χ1v) is 4.84. The van der Waals surface area contributed by atoms with Crippen molar-refractivity contribution in [1.82, 2.24) is 0 Å². The Hall–Kier alpha value is -0.990. The quantitative estimate of drug-likeness (QED) is 0.653. The van der Waals surface area contributed by atoms with Gasteiger partial charge in [-0.2, -0.15) is 13.2 Å². The highest BCUT2D eigenvalue weighted by atomic mass is 19.4. The summed E-state index contributed by atoms with van der Waals surface area (Å²) >= 11 is 0. The number of benzene rings is 1. The predicted octanol–water partition coefficient (Wildman–Crippen LogP) is 4.38. The van der Waals surface area contributed by atoms with Crippen LogP contribution < -0.4 is 0 Å². The van der Waals surface area contributed by atoms with Gasteiger partial charge in [0.1, 0.15) is 0 Å².